The van der Waals surface area contributed by atoms with E-state index < -0.39 is 0 Å². The fraction of sp³-hybridized carbons (Fsp3) is 0.571. The van der Waals surface area contributed by atoms with Gasteiger partial charge in [0.1, 0.15) is 17.0 Å². The molecule has 1 saturated carbocycles. The summed E-state index contributed by atoms with van der Waals surface area (Å²) in [6, 6.07) is 2.77. The van der Waals surface area contributed by atoms with Crippen molar-refractivity contribution in [3.05, 3.63) is 17.8 Å². The largest absolute Gasteiger partial charge is 0.353 e. The van der Waals surface area contributed by atoms with E-state index in [1.165, 1.54) is 31.1 Å². The Hall–Kier alpha value is -1.20. The van der Waals surface area contributed by atoms with Crippen LogP contribution in [0.4, 0.5) is 5.82 Å². The van der Waals surface area contributed by atoms with Crippen molar-refractivity contribution < 1.29 is 0 Å². The van der Waals surface area contributed by atoms with Gasteiger partial charge in [-0.2, -0.15) is 0 Å². The molecule has 2 heterocycles. The third kappa shape index (κ3) is 2.58. The molecule has 0 radical (unpaired) electrons. The van der Waals surface area contributed by atoms with E-state index in [0.29, 0.717) is 6.04 Å². The van der Waals surface area contributed by atoms with Crippen LogP contribution in [0.3, 0.4) is 0 Å². The van der Waals surface area contributed by atoms with E-state index >= 15 is 0 Å². The molecule has 0 amide bonds. The monoisotopic (exact) mass is 276 g/mol. The summed E-state index contributed by atoms with van der Waals surface area (Å²) in [5.41, 5.74) is 5.69. The molecule has 0 aliphatic heterocycles. The molecule has 0 bridgehead atoms. The van der Waals surface area contributed by atoms with Gasteiger partial charge in [0.05, 0.1) is 5.39 Å². The third-order valence-electron chi connectivity index (χ3n) is 3.88. The first-order valence-electron chi connectivity index (χ1n) is 7.05. The summed E-state index contributed by atoms with van der Waals surface area (Å²) in [6.07, 6.45) is 7.94. The fourth-order valence-corrected chi connectivity index (χ4v) is 3.67. The number of rotatable bonds is 5. The Kier molecular flexibility index (Phi) is 3.94. The van der Waals surface area contributed by atoms with Gasteiger partial charge < -0.3 is 10.6 Å². The summed E-state index contributed by atoms with van der Waals surface area (Å²) in [7, 11) is 0. The quantitative estimate of drug-likeness (QED) is 0.912. The van der Waals surface area contributed by atoms with E-state index in [1.807, 2.05) is 0 Å². The van der Waals surface area contributed by atoms with E-state index in [4.69, 9.17) is 5.73 Å². The number of nitrogens with zero attached hydrogens (tertiary/aromatic N) is 3. The Morgan fingerprint density at radius 1 is 1.32 bits per heavy atom. The van der Waals surface area contributed by atoms with Gasteiger partial charge in [0, 0.05) is 12.6 Å². The Bertz CT molecular complexity index is 533. The number of thiophene rings is 1. The first kappa shape index (κ1) is 12.8. The maximum atomic E-state index is 5.69. The first-order chi connectivity index (χ1) is 9.40. The molecule has 0 aromatic carbocycles. The van der Waals surface area contributed by atoms with Crippen LogP contribution < -0.4 is 10.6 Å². The minimum absolute atomic E-state index is 0.629. The van der Waals surface area contributed by atoms with E-state index in [1.54, 1.807) is 17.7 Å². The molecule has 5 heteroatoms. The van der Waals surface area contributed by atoms with Gasteiger partial charge in [-0.3, -0.25) is 0 Å². The zero-order valence-electron chi connectivity index (χ0n) is 11.1. The minimum atomic E-state index is 0.629. The average molecular weight is 276 g/mol. The summed E-state index contributed by atoms with van der Waals surface area (Å²) < 4.78 is 0. The molecule has 1 aliphatic rings. The number of anilines is 1. The van der Waals surface area contributed by atoms with Crippen LogP contribution >= 0.6 is 11.3 Å². The summed E-state index contributed by atoms with van der Waals surface area (Å²) >= 11 is 1.68. The Morgan fingerprint density at radius 3 is 2.95 bits per heavy atom. The zero-order valence-corrected chi connectivity index (χ0v) is 11.9. The molecular formula is C14H20N4S. The van der Waals surface area contributed by atoms with E-state index in [9.17, 15) is 0 Å². The molecule has 0 unspecified atom stereocenters. The van der Waals surface area contributed by atoms with E-state index in [0.717, 1.165) is 30.2 Å². The van der Waals surface area contributed by atoms with Crippen LogP contribution in [0, 0.1) is 0 Å². The summed E-state index contributed by atoms with van der Waals surface area (Å²) in [5.74, 6) is 1.10. The van der Waals surface area contributed by atoms with Gasteiger partial charge in [0.2, 0.25) is 0 Å². The van der Waals surface area contributed by atoms with Gasteiger partial charge in [-0.1, -0.05) is 12.8 Å². The lowest BCUT2D eigenvalue weighted by molar-refractivity contribution is 0.588. The summed E-state index contributed by atoms with van der Waals surface area (Å²) in [5, 5.41) is 3.29. The Labute approximate surface area is 117 Å². The van der Waals surface area contributed by atoms with Gasteiger partial charge in [-0.05, 0) is 37.3 Å². The number of nitrogens with two attached hydrogens (primary N) is 1. The highest BCUT2D eigenvalue weighted by molar-refractivity contribution is 7.16. The lowest BCUT2D eigenvalue weighted by atomic mass is 10.2. The summed E-state index contributed by atoms with van der Waals surface area (Å²) in [6.45, 7) is 1.74. The van der Waals surface area contributed by atoms with Crippen molar-refractivity contribution in [1.29, 1.82) is 0 Å². The number of hydrogen-bond acceptors (Lipinski definition) is 5. The van der Waals surface area contributed by atoms with Crippen LogP contribution in [0.5, 0.6) is 0 Å². The molecule has 0 atom stereocenters. The second-order valence-electron chi connectivity index (χ2n) is 5.11. The van der Waals surface area contributed by atoms with Gasteiger partial charge in [0.25, 0.3) is 0 Å². The molecule has 1 fully saturated rings. The second-order valence-corrected chi connectivity index (χ2v) is 6.01. The van der Waals surface area contributed by atoms with Gasteiger partial charge >= 0.3 is 0 Å². The second kappa shape index (κ2) is 5.84. The van der Waals surface area contributed by atoms with Crippen LogP contribution in [-0.4, -0.2) is 29.1 Å². The third-order valence-corrected chi connectivity index (χ3v) is 4.70. The predicted molar refractivity (Wildman–Crippen MR) is 80.7 cm³/mol. The predicted octanol–water partition coefficient (Wildman–Crippen LogP) is 2.79. The fourth-order valence-electron chi connectivity index (χ4n) is 2.94. The molecule has 0 spiro atoms. The van der Waals surface area contributed by atoms with Crippen molar-refractivity contribution in [2.45, 2.75) is 38.1 Å². The number of aromatic nitrogens is 2. The Morgan fingerprint density at radius 2 is 2.16 bits per heavy atom. The first-order valence-corrected chi connectivity index (χ1v) is 7.93. The SMILES string of the molecule is NCCCN(c1ncnc2sccc12)C1CCCC1. The molecule has 2 aromatic heterocycles. The maximum absolute atomic E-state index is 5.69. The highest BCUT2D eigenvalue weighted by Crippen LogP contribution is 2.32. The number of hydrogen-bond donors (Lipinski definition) is 1. The van der Waals surface area contributed by atoms with Crippen LogP contribution in [0.25, 0.3) is 10.2 Å². The zero-order chi connectivity index (χ0) is 13.1. The molecule has 3 rings (SSSR count). The van der Waals surface area contributed by atoms with Crippen molar-refractivity contribution in [3.8, 4) is 0 Å². The van der Waals surface area contributed by atoms with Crippen molar-refractivity contribution >= 4 is 27.4 Å². The topological polar surface area (TPSA) is 55.0 Å². The van der Waals surface area contributed by atoms with Gasteiger partial charge in [0.15, 0.2) is 0 Å². The molecular weight excluding hydrogens is 256 g/mol. The molecule has 19 heavy (non-hydrogen) atoms. The molecule has 0 saturated heterocycles. The van der Waals surface area contributed by atoms with Gasteiger partial charge in [-0.25, -0.2) is 9.97 Å². The standard InChI is InChI=1S/C14H20N4S/c15-7-3-8-18(11-4-1-2-5-11)13-12-6-9-19-14(12)17-10-16-13/h6,9-11H,1-5,7-8,15H2. The molecule has 2 aromatic rings. The average Bonchev–Trinajstić information content (AvgIpc) is 3.10. The van der Waals surface area contributed by atoms with Crippen LogP contribution in [0.1, 0.15) is 32.1 Å². The smallest absolute Gasteiger partial charge is 0.141 e. The normalized spacial score (nSPS) is 16.3. The van der Waals surface area contributed by atoms with E-state index in [2.05, 4.69) is 26.3 Å². The highest BCUT2D eigenvalue weighted by Gasteiger charge is 2.24. The van der Waals surface area contributed by atoms with Gasteiger partial charge in [-0.15, -0.1) is 11.3 Å². The van der Waals surface area contributed by atoms with Crippen LogP contribution in [0.2, 0.25) is 0 Å². The van der Waals surface area contributed by atoms with E-state index in [-0.39, 0.29) is 0 Å². The minimum Gasteiger partial charge on any atom is -0.353 e. The molecule has 1 aliphatic carbocycles. The Balaban J connectivity index is 1.95. The van der Waals surface area contributed by atoms with Crippen LogP contribution in [0.15, 0.2) is 17.8 Å². The highest BCUT2D eigenvalue weighted by atomic mass is 32.1. The lowest BCUT2D eigenvalue weighted by Crippen LogP contribution is -2.35. The summed E-state index contributed by atoms with van der Waals surface area (Å²) in [4.78, 5) is 12.5. The molecule has 102 valence electrons. The van der Waals surface area contributed by atoms with Crippen LogP contribution in [-0.2, 0) is 0 Å². The van der Waals surface area contributed by atoms with Crippen molar-refractivity contribution in [2.24, 2.45) is 5.73 Å². The van der Waals surface area contributed by atoms with Crippen molar-refractivity contribution in [1.82, 2.24) is 9.97 Å². The van der Waals surface area contributed by atoms with Crippen molar-refractivity contribution in [3.63, 3.8) is 0 Å². The molecule has 4 nitrogen and oxygen atoms in total. The van der Waals surface area contributed by atoms with Crippen molar-refractivity contribution in [2.75, 3.05) is 18.0 Å². The number of fused-ring (bicyclic) bond motifs is 1. The lowest BCUT2D eigenvalue weighted by Gasteiger charge is -2.30. The maximum Gasteiger partial charge on any atom is 0.141 e. The molecule has 2 N–H and O–H groups in total.